The fraction of sp³-hybridized carbons (Fsp3) is 0.583. The minimum atomic E-state index is -0.220. The summed E-state index contributed by atoms with van der Waals surface area (Å²) < 4.78 is 4.87. The van der Waals surface area contributed by atoms with E-state index in [1.165, 1.54) is 0 Å². The first-order valence-electron chi connectivity index (χ1n) is 5.76. The van der Waals surface area contributed by atoms with Crippen molar-refractivity contribution in [1.29, 1.82) is 0 Å². The standard InChI is InChI=1S/C12H17ClN2O2/c1-4-10-14-8(3)9(12(13)15-10)6-7-11(16)17-5-2/h4-7H2,1-3H3. The minimum absolute atomic E-state index is 0.220. The van der Waals surface area contributed by atoms with Gasteiger partial charge in [-0.3, -0.25) is 4.79 Å². The van der Waals surface area contributed by atoms with Crippen molar-refractivity contribution in [3.63, 3.8) is 0 Å². The van der Waals surface area contributed by atoms with Crippen molar-refractivity contribution in [3.05, 3.63) is 22.2 Å². The van der Waals surface area contributed by atoms with Crippen LogP contribution in [-0.2, 0) is 22.4 Å². The molecule has 0 radical (unpaired) electrons. The predicted octanol–water partition coefficient (Wildman–Crippen LogP) is 2.50. The second-order valence-electron chi connectivity index (χ2n) is 3.65. The molecule has 0 atom stereocenters. The maximum Gasteiger partial charge on any atom is 0.306 e. The molecule has 0 aliphatic heterocycles. The maximum atomic E-state index is 11.3. The molecule has 17 heavy (non-hydrogen) atoms. The van der Waals surface area contributed by atoms with E-state index in [4.69, 9.17) is 16.3 Å². The van der Waals surface area contributed by atoms with E-state index in [1.807, 2.05) is 13.8 Å². The van der Waals surface area contributed by atoms with Gasteiger partial charge in [-0.15, -0.1) is 0 Å². The predicted molar refractivity (Wildman–Crippen MR) is 66.1 cm³/mol. The van der Waals surface area contributed by atoms with Gasteiger partial charge in [0.2, 0.25) is 0 Å². The van der Waals surface area contributed by atoms with E-state index in [9.17, 15) is 4.79 Å². The Hall–Kier alpha value is -1.16. The number of hydrogen-bond acceptors (Lipinski definition) is 4. The topological polar surface area (TPSA) is 52.1 Å². The molecule has 0 fully saturated rings. The third-order valence-electron chi connectivity index (χ3n) is 2.41. The number of esters is 1. The Kier molecular flexibility index (Phi) is 5.35. The summed E-state index contributed by atoms with van der Waals surface area (Å²) >= 11 is 6.07. The van der Waals surface area contributed by atoms with Crippen LogP contribution >= 0.6 is 11.6 Å². The highest BCUT2D eigenvalue weighted by molar-refractivity contribution is 6.30. The third kappa shape index (κ3) is 3.97. The number of rotatable bonds is 5. The lowest BCUT2D eigenvalue weighted by Crippen LogP contribution is -2.08. The van der Waals surface area contributed by atoms with Gasteiger partial charge in [-0.2, -0.15) is 0 Å². The van der Waals surface area contributed by atoms with Gasteiger partial charge >= 0.3 is 5.97 Å². The SMILES string of the molecule is CCOC(=O)CCc1c(C)nc(CC)nc1Cl. The molecule has 4 nitrogen and oxygen atoms in total. The van der Waals surface area contributed by atoms with Crippen molar-refractivity contribution in [2.24, 2.45) is 0 Å². The molecule has 0 aliphatic carbocycles. The summed E-state index contributed by atoms with van der Waals surface area (Å²) in [5.41, 5.74) is 1.67. The molecule has 0 bridgehead atoms. The molecule has 94 valence electrons. The summed E-state index contributed by atoms with van der Waals surface area (Å²) in [6, 6.07) is 0. The first-order chi connectivity index (χ1) is 8.08. The smallest absolute Gasteiger partial charge is 0.306 e. The molecule has 0 aromatic carbocycles. The zero-order valence-electron chi connectivity index (χ0n) is 10.4. The molecule has 1 aromatic rings. The van der Waals surface area contributed by atoms with Gasteiger partial charge in [0.05, 0.1) is 6.61 Å². The summed E-state index contributed by atoms with van der Waals surface area (Å²) in [5.74, 6) is 0.509. The zero-order valence-corrected chi connectivity index (χ0v) is 11.2. The summed E-state index contributed by atoms with van der Waals surface area (Å²) in [6.45, 7) is 6.04. The number of aryl methyl sites for hydroxylation is 2. The molecule has 0 saturated heterocycles. The van der Waals surface area contributed by atoms with E-state index < -0.39 is 0 Å². The Morgan fingerprint density at radius 1 is 1.35 bits per heavy atom. The van der Waals surface area contributed by atoms with Crippen molar-refractivity contribution in [3.8, 4) is 0 Å². The van der Waals surface area contributed by atoms with Crippen LogP contribution in [0.1, 0.15) is 37.4 Å². The normalized spacial score (nSPS) is 10.4. The lowest BCUT2D eigenvalue weighted by atomic mass is 10.1. The van der Waals surface area contributed by atoms with Crippen LogP contribution in [-0.4, -0.2) is 22.5 Å². The summed E-state index contributed by atoms with van der Waals surface area (Å²) in [4.78, 5) is 19.8. The fourth-order valence-corrected chi connectivity index (χ4v) is 1.85. The molecule has 1 rings (SSSR count). The van der Waals surface area contributed by atoms with E-state index in [1.54, 1.807) is 6.92 Å². The van der Waals surface area contributed by atoms with Crippen LogP contribution in [0.2, 0.25) is 5.15 Å². The van der Waals surface area contributed by atoms with Gasteiger partial charge < -0.3 is 4.74 Å². The van der Waals surface area contributed by atoms with Gasteiger partial charge in [0.1, 0.15) is 11.0 Å². The second-order valence-corrected chi connectivity index (χ2v) is 4.01. The van der Waals surface area contributed by atoms with Crippen LogP contribution in [0.15, 0.2) is 0 Å². The Labute approximate surface area is 106 Å². The van der Waals surface area contributed by atoms with Gasteiger partial charge in [-0.25, -0.2) is 9.97 Å². The first kappa shape index (κ1) is 13.9. The quantitative estimate of drug-likeness (QED) is 0.600. The van der Waals surface area contributed by atoms with Crippen molar-refractivity contribution >= 4 is 17.6 Å². The lowest BCUT2D eigenvalue weighted by Gasteiger charge is -2.08. The van der Waals surface area contributed by atoms with Crippen LogP contribution in [0.3, 0.4) is 0 Å². The van der Waals surface area contributed by atoms with E-state index >= 15 is 0 Å². The average Bonchev–Trinajstić information content (AvgIpc) is 2.28. The largest absolute Gasteiger partial charge is 0.466 e. The van der Waals surface area contributed by atoms with Crippen LogP contribution < -0.4 is 0 Å². The van der Waals surface area contributed by atoms with Crippen molar-refractivity contribution < 1.29 is 9.53 Å². The molecule has 0 N–H and O–H groups in total. The van der Waals surface area contributed by atoms with E-state index in [0.717, 1.165) is 23.5 Å². The van der Waals surface area contributed by atoms with Crippen molar-refractivity contribution in [1.82, 2.24) is 9.97 Å². The van der Waals surface area contributed by atoms with Crippen molar-refractivity contribution in [2.75, 3.05) is 6.61 Å². The number of carbonyl (C=O) groups excluding carboxylic acids is 1. The maximum absolute atomic E-state index is 11.3. The Bertz CT molecular complexity index is 384. The zero-order chi connectivity index (χ0) is 12.8. The van der Waals surface area contributed by atoms with Gasteiger partial charge in [-0.1, -0.05) is 18.5 Å². The molecule has 0 saturated carbocycles. The van der Waals surface area contributed by atoms with Gasteiger partial charge in [-0.05, 0) is 20.3 Å². The molecular formula is C12H17ClN2O2. The molecule has 0 unspecified atom stereocenters. The monoisotopic (exact) mass is 256 g/mol. The molecule has 0 spiro atoms. The molecule has 0 amide bonds. The molecule has 1 aromatic heterocycles. The van der Waals surface area contributed by atoms with E-state index in [0.29, 0.717) is 24.6 Å². The van der Waals surface area contributed by atoms with Gasteiger partial charge in [0.25, 0.3) is 0 Å². The number of halogens is 1. The third-order valence-corrected chi connectivity index (χ3v) is 2.72. The molecule has 5 heteroatoms. The van der Waals surface area contributed by atoms with Crippen LogP contribution in [0.5, 0.6) is 0 Å². The number of carbonyl (C=O) groups is 1. The fourth-order valence-electron chi connectivity index (χ4n) is 1.52. The summed E-state index contributed by atoms with van der Waals surface area (Å²) in [6.07, 6.45) is 1.58. The Morgan fingerprint density at radius 3 is 2.59 bits per heavy atom. The Balaban J connectivity index is 2.74. The Morgan fingerprint density at radius 2 is 2.06 bits per heavy atom. The molecule has 1 heterocycles. The number of hydrogen-bond donors (Lipinski definition) is 0. The van der Waals surface area contributed by atoms with Gasteiger partial charge in [0.15, 0.2) is 0 Å². The highest BCUT2D eigenvalue weighted by atomic mass is 35.5. The minimum Gasteiger partial charge on any atom is -0.466 e. The van der Waals surface area contributed by atoms with Gasteiger partial charge in [0, 0.05) is 24.1 Å². The number of aromatic nitrogens is 2. The van der Waals surface area contributed by atoms with Crippen LogP contribution in [0.25, 0.3) is 0 Å². The van der Waals surface area contributed by atoms with Crippen LogP contribution in [0, 0.1) is 6.92 Å². The van der Waals surface area contributed by atoms with Crippen molar-refractivity contribution in [2.45, 2.75) is 40.0 Å². The summed E-state index contributed by atoms with van der Waals surface area (Å²) in [5, 5.41) is 0.443. The summed E-state index contributed by atoms with van der Waals surface area (Å²) in [7, 11) is 0. The highest BCUT2D eigenvalue weighted by Crippen LogP contribution is 2.18. The number of ether oxygens (including phenoxy) is 1. The van der Waals surface area contributed by atoms with E-state index in [-0.39, 0.29) is 5.97 Å². The van der Waals surface area contributed by atoms with E-state index in [2.05, 4.69) is 9.97 Å². The molecular weight excluding hydrogens is 240 g/mol. The molecule has 0 aliphatic rings. The average molecular weight is 257 g/mol. The highest BCUT2D eigenvalue weighted by Gasteiger charge is 2.11. The first-order valence-corrected chi connectivity index (χ1v) is 6.13. The second kappa shape index (κ2) is 6.55. The van der Waals surface area contributed by atoms with Crippen LogP contribution in [0.4, 0.5) is 0 Å². The lowest BCUT2D eigenvalue weighted by molar-refractivity contribution is -0.143. The number of nitrogens with zero attached hydrogens (tertiary/aromatic N) is 2.